The van der Waals surface area contributed by atoms with Gasteiger partial charge in [-0.05, 0) is 38.2 Å². The van der Waals surface area contributed by atoms with Gasteiger partial charge in [0, 0.05) is 0 Å². The van der Waals surface area contributed by atoms with Gasteiger partial charge in [-0.2, -0.15) is 0 Å². The molecule has 144 valence electrons. The molecule has 0 aliphatic rings. The molecule has 27 heavy (non-hydrogen) atoms. The minimum Gasteiger partial charge on any atom is -0.495 e. The number of halogens is 2. The van der Waals surface area contributed by atoms with Crippen molar-refractivity contribution in [2.24, 2.45) is 0 Å². The van der Waals surface area contributed by atoms with Crippen LogP contribution in [0.2, 0.25) is 10.0 Å². The number of carbonyl (C=O) groups excluding carboxylic acids is 2. The van der Waals surface area contributed by atoms with E-state index in [-0.39, 0.29) is 18.4 Å². The molecule has 0 spiro atoms. The Labute approximate surface area is 168 Å². The van der Waals surface area contributed by atoms with Crippen LogP contribution in [0.4, 0.5) is 11.4 Å². The minimum atomic E-state index is -0.553. The van der Waals surface area contributed by atoms with E-state index in [4.69, 9.17) is 27.9 Å². The first-order valence-corrected chi connectivity index (χ1v) is 8.97. The number of hydrogen-bond acceptors (Lipinski definition) is 4. The summed E-state index contributed by atoms with van der Waals surface area (Å²) in [4.78, 5) is 26.4. The molecule has 1 atom stereocenters. The van der Waals surface area contributed by atoms with Gasteiger partial charge in [0.2, 0.25) is 11.8 Å². The molecule has 0 radical (unpaired) electrons. The van der Waals surface area contributed by atoms with Crippen LogP contribution in [-0.4, -0.2) is 43.5 Å². The minimum absolute atomic E-state index is 0.0118. The first-order chi connectivity index (χ1) is 12.8. The lowest BCUT2D eigenvalue weighted by Crippen LogP contribution is -2.43. The smallest absolute Gasteiger partial charge is 0.241 e. The second-order valence-corrected chi connectivity index (χ2v) is 6.74. The third kappa shape index (κ3) is 5.60. The summed E-state index contributed by atoms with van der Waals surface area (Å²) in [5.41, 5.74) is 0.919. The average molecular weight is 410 g/mol. The molecule has 2 aromatic carbocycles. The van der Waals surface area contributed by atoms with Crippen LogP contribution in [0.5, 0.6) is 5.75 Å². The van der Waals surface area contributed by atoms with Gasteiger partial charge >= 0.3 is 0 Å². The number of nitrogens with one attached hydrogen (secondary N) is 2. The lowest BCUT2D eigenvalue weighted by atomic mass is 10.2. The van der Waals surface area contributed by atoms with E-state index in [2.05, 4.69) is 10.6 Å². The van der Waals surface area contributed by atoms with Crippen molar-refractivity contribution in [3.05, 3.63) is 52.5 Å². The quantitative estimate of drug-likeness (QED) is 0.727. The second kappa shape index (κ2) is 9.60. The number of para-hydroxylation sites is 3. The summed E-state index contributed by atoms with van der Waals surface area (Å²) in [6.45, 7) is 1.70. The number of ether oxygens (including phenoxy) is 1. The third-order valence-corrected chi connectivity index (χ3v) is 4.66. The summed E-state index contributed by atoms with van der Waals surface area (Å²) in [7, 11) is 3.21. The fourth-order valence-electron chi connectivity index (χ4n) is 2.34. The van der Waals surface area contributed by atoms with Crippen LogP contribution in [0.15, 0.2) is 42.5 Å². The number of hydrogen-bond donors (Lipinski definition) is 2. The molecule has 0 fully saturated rings. The van der Waals surface area contributed by atoms with Gasteiger partial charge in [0.15, 0.2) is 0 Å². The van der Waals surface area contributed by atoms with Crippen LogP contribution in [0.1, 0.15) is 6.92 Å². The van der Waals surface area contributed by atoms with Crippen molar-refractivity contribution in [3.63, 3.8) is 0 Å². The van der Waals surface area contributed by atoms with Crippen LogP contribution in [0.25, 0.3) is 0 Å². The fourth-order valence-corrected chi connectivity index (χ4v) is 2.84. The number of methoxy groups -OCH3 is 1. The summed E-state index contributed by atoms with van der Waals surface area (Å²) in [6.07, 6.45) is 0. The molecule has 2 amide bonds. The summed E-state index contributed by atoms with van der Waals surface area (Å²) in [5.74, 6) is -0.0261. The molecule has 0 bridgehead atoms. The van der Waals surface area contributed by atoms with Crippen molar-refractivity contribution in [1.29, 1.82) is 0 Å². The first-order valence-electron chi connectivity index (χ1n) is 8.21. The van der Waals surface area contributed by atoms with Crippen LogP contribution >= 0.6 is 23.2 Å². The molecule has 6 nitrogen and oxygen atoms in total. The Hall–Kier alpha value is -2.28. The molecular weight excluding hydrogens is 389 g/mol. The monoisotopic (exact) mass is 409 g/mol. The zero-order chi connectivity index (χ0) is 20.0. The van der Waals surface area contributed by atoms with Gasteiger partial charge < -0.3 is 15.4 Å². The van der Waals surface area contributed by atoms with E-state index >= 15 is 0 Å². The van der Waals surface area contributed by atoms with Crippen molar-refractivity contribution in [1.82, 2.24) is 4.90 Å². The van der Waals surface area contributed by atoms with Crippen LogP contribution in [-0.2, 0) is 9.59 Å². The SMILES string of the molecule is COc1ccccc1NC(=O)[C@H](C)N(C)CC(=O)Nc1c(Cl)cccc1Cl. The van der Waals surface area contributed by atoms with E-state index < -0.39 is 6.04 Å². The Balaban J connectivity index is 1.97. The van der Waals surface area contributed by atoms with Crippen LogP contribution < -0.4 is 15.4 Å². The highest BCUT2D eigenvalue weighted by Crippen LogP contribution is 2.29. The Kier molecular flexibility index (Phi) is 7.47. The molecule has 2 aromatic rings. The Morgan fingerprint density at radius 1 is 1.07 bits per heavy atom. The third-order valence-electron chi connectivity index (χ3n) is 4.03. The Morgan fingerprint density at radius 2 is 1.70 bits per heavy atom. The van der Waals surface area contributed by atoms with E-state index in [1.165, 1.54) is 7.11 Å². The highest BCUT2D eigenvalue weighted by Gasteiger charge is 2.21. The van der Waals surface area contributed by atoms with Crippen LogP contribution in [0, 0.1) is 0 Å². The highest BCUT2D eigenvalue weighted by molar-refractivity contribution is 6.39. The molecule has 0 aromatic heterocycles. The number of anilines is 2. The highest BCUT2D eigenvalue weighted by atomic mass is 35.5. The summed E-state index contributed by atoms with van der Waals surface area (Å²) >= 11 is 12.1. The van der Waals surface area contributed by atoms with Crippen molar-refractivity contribution >= 4 is 46.4 Å². The maximum absolute atomic E-state index is 12.5. The lowest BCUT2D eigenvalue weighted by molar-refractivity contribution is -0.122. The number of carbonyl (C=O) groups is 2. The van der Waals surface area contributed by atoms with Crippen molar-refractivity contribution in [3.8, 4) is 5.75 Å². The number of nitrogens with zero attached hydrogens (tertiary/aromatic N) is 1. The van der Waals surface area contributed by atoms with Gasteiger partial charge in [-0.25, -0.2) is 0 Å². The second-order valence-electron chi connectivity index (χ2n) is 5.93. The van der Waals surface area contributed by atoms with Gasteiger partial charge in [0.1, 0.15) is 5.75 Å². The zero-order valence-electron chi connectivity index (χ0n) is 15.3. The molecule has 8 heteroatoms. The van der Waals surface area contributed by atoms with Gasteiger partial charge in [0.25, 0.3) is 0 Å². The predicted molar refractivity (Wildman–Crippen MR) is 109 cm³/mol. The zero-order valence-corrected chi connectivity index (χ0v) is 16.8. The number of amides is 2. The number of likely N-dealkylation sites (N-methyl/N-ethyl adjacent to an activating group) is 1. The molecular formula is C19H21Cl2N3O3. The summed E-state index contributed by atoms with van der Waals surface area (Å²) in [5, 5.41) is 6.17. The molecule has 0 saturated heterocycles. The van der Waals surface area contributed by atoms with Crippen molar-refractivity contribution in [2.45, 2.75) is 13.0 Å². The molecule has 0 saturated carbocycles. The predicted octanol–water partition coefficient (Wildman–Crippen LogP) is 3.90. The van der Waals surface area contributed by atoms with E-state index in [1.807, 2.05) is 6.07 Å². The maximum Gasteiger partial charge on any atom is 0.241 e. The van der Waals surface area contributed by atoms with Crippen molar-refractivity contribution < 1.29 is 14.3 Å². The topological polar surface area (TPSA) is 70.7 Å². The molecule has 0 heterocycles. The average Bonchev–Trinajstić information content (AvgIpc) is 2.64. The van der Waals surface area contributed by atoms with E-state index in [1.54, 1.807) is 55.3 Å². The summed E-state index contributed by atoms with van der Waals surface area (Å²) in [6, 6.07) is 11.5. The normalized spacial score (nSPS) is 11.8. The largest absolute Gasteiger partial charge is 0.495 e. The number of rotatable bonds is 7. The summed E-state index contributed by atoms with van der Waals surface area (Å²) < 4.78 is 5.22. The van der Waals surface area contributed by atoms with Crippen LogP contribution in [0.3, 0.4) is 0 Å². The lowest BCUT2D eigenvalue weighted by Gasteiger charge is -2.24. The first kappa shape index (κ1) is 21.0. The van der Waals surface area contributed by atoms with Gasteiger partial charge in [0.05, 0.1) is 41.1 Å². The maximum atomic E-state index is 12.5. The van der Waals surface area contributed by atoms with Gasteiger partial charge in [-0.3, -0.25) is 14.5 Å². The van der Waals surface area contributed by atoms with E-state index in [0.717, 1.165) is 0 Å². The van der Waals surface area contributed by atoms with E-state index in [0.29, 0.717) is 27.2 Å². The molecule has 2 N–H and O–H groups in total. The molecule has 0 aliphatic heterocycles. The molecule has 0 unspecified atom stereocenters. The standard InChI is InChI=1S/C19H21Cl2N3O3/c1-12(19(26)22-15-9-4-5-10-16(15)27-3)24(2)11-17(25)23-18-13(20)7-6-8-14(18)21/h4-10,12H,11H2,1-3H3,(H,22,26)(H,23,25)/t12-/m0/s1. The van der Waals surface area contributed by atoms with Gasteiger partial charge in [-0.15, -0.1) is 0 Å². The Morgan fingerprint density at radius 3 is 2.33 bits per heavy atom. The fraction of sp³-hybridized carbons (Fsp3) is 0.263. The van der Waals surface area contributed by atoms with E-state index in [9.17, 15) is 9.59 Å². The van der Waals surface area contributed by atoms with Crippen molar-refractivity contribution in [2.75, 3.05) is 31.3 Å². The van der Waals surface area contributed by atoms with Gasteiger partial charge in [-0.1, -0.05) is 41.4 Å². The molecule has 0 aliphatic carbocycles. The Bertz CT molecular complexity index is 809. The number of benzene rings is 2. The molecule has 2 rings (SSSR count).